The molecule has 2 aromatic rings. The molecule has 0 radical (unpaired) electrons. The number of anilines is 1. The molecule has 0 bridgehead atoms. The average molecular weight is 293 g/mol. The molecule has 1 aliphatic rings. The van der Waals surface area contributed by atoms with E-state index in [1.54, 1.807) is 6.07 Å². The highest BCUT2D eigenvalue weighted by Gasteiger charge is 2.25. The van der Waals surface area contributed by atoms with E-state index >= 15 is 0 Å². The van der Waals surface area contributed by atoms with Crippen molar-refractivity contribution in [2.24, 2.45) is 0 Å². The smallest absolute Gasteiger partial charge is 0.295 e. The maximum absolute atomic E-state index is 10.7. The van der Waals surface area contributed by atoms with Crippen LogP contribution in [0.15, 0.2) is 22.6 Å². The van der Waals surface area contributed by atoms with Crippen LogP contribution in [-0.4, -0.2) is 27.5 Å². The van der Waals surface area contributed by atoms with Crippen molar-refractivity contribution < 1.29 is 9.34 Å². The summed E-state index contributed by atoms with van der Waals surface area (Å²) in [6.45, 7) is 0. The Morgan fingerprint density at radius 1 is 1.50 bits per heavy atom. The van der Waals surface area contributed by atoms with Crippen LogP contribution in [0.25, 0.3) is 11.1 Å². The van der Waals surface area contributed by atoms with Gasteiger partial charge in [-0.2, -0.15) is 16.7 Å². The molecule has 6 nitrogen and oxygen atoms in total. The zero-order valence-electron chi connectivity index (χ0n) is 11.0. The molecule has 1 N–H and O–H groups in total. The number of nitrogens with zero attached hydrogens (tertiary/aromatic N) is 2. The van der Waals surface area contributed by atoms with Crippen LogP contribution in [0.1, 0.15) is 19.3 Å². The summed E-state index contributed by atoms with van der Waals surface area (Å²) in [5, 5.41) is 14.7. The van der Waals surface area contributed by atoms with Gasteiger partial charge in [0.1, 0.15) is 5.52 Å². The van der Waals surface area contributed by atoms with Crippen molar-refractivity contribution in [3.8, 4) is 0 Å². The maximum atomic E-state index is 10.7. The monoisotopic (exact) mass is 293 g/mol. The molecule has 2 atom stereocenters. The molecule has 20 heavy (non-hydrogen) atoms. The van der Waals surface area contributed by atoms with Crippen molar-refractivity contribution in [3.05, 3.63) is 28.3 Å². The minimum atomic E-state index is -0.435. The largest absolute Gasteiger partial charge is 0.423 e. The molecule has 0 aliphatic heterocycles. The Balaban J connectivity index is 1.77. The fourth-order valence-electron chi connectivity index (χ4n) is 2.55. The summed E-state index contributed by atoms with van der Waals surface area (Å²) in [6.07, 6.45) is 5.53. The molecule has 0 amide bonds. The second kappa shape index (κ2) is 5.32. The Labute approximate surface area is 120 Å². The third-order valence-corrected chi connectivity index (χ3v) is 4.72. The molecule has 1 fully saturated rings. The number of nitrogens with one attached hydrogen (secondary N) is 1. The molecule has 0 saturated heterocycles. The first-order valence-electron chi connectivity index (χ1n) is 6.50. The predicted molar refractivity (Wildman–Crippen MR) is 79.2 cm³/mol. The summed E-state index contributed by atoms with van der Waals surface area (Å²) in [5.74, 6) is 0. The van der Waals surface area contributed by atoms with Gasteiger partial charge in [0.25, 0.3) is 11.7 Å². The zero-order valence-corrected chi connectivity index (χ0v) is 11.9. The molecule has 1 saturated carbocycles. The highest BCUT2D eigenvalue weighted by Crippen LogP contribution is 2.31. The lowest BCUT2D eigenvalue weighted by atomic mass is 10.3. The van der Waals surface area contributed by atoms with Gasteiger partial charge < -0.3 is 9.73 Å². The van der Waals surface area contributed by atoms with Crippen LogP contribution in [0, 0.1) is 10.1 Å². The maximum Gasteiger partial charge on any atom is 0.295 e. The van der Waals surface area contributed by atoms with E-state index in [4.69, 9.17) is 4.42 Å². The third kappa shape index (κ3) is 2.58. The van der Waals surface area contributed by atoms with Gasteiger partial charge in [-0.25, -0.2) is 0 Å². The number of hydrogen-bond donors (Lipinski definition) is 1. The Hall–Kier alpha value is -1.76. The van der Waals surface area contributed by atoms with Crippen molar-refractivity contribution >= 4 is 34.6 Å². The molecule has 0 spiro atoms. The first-order chi connectivity index (χ1) is 9.65. The topological polar surface area (TPSA) is 81.2 Å². The average Bonchev–Trinajstić information content (AvgIpc) is 3.03. The number of oxazole rings is 1. The summed E-state index contributed by atoms with van der Waals surface area (Å²) < 4.78 is 5.56. The second-order valence-electron chi connectivity index (χ2n) is 4.94. The lowest BCUT2D eigenvalue weighted by Gasteiger charge is -2.09. The van der Waals surface area contributed by atoms with Gasteiger partial charge in [0.15, 0.2) is 5.58 Å². The summed E-state index contributed by atoms with van der Waals surface area (Å²) >= 11 is 1.89. The number of hydrogen-bond acceptors (Lipinski definition) is 6. The van der Waals surface area contributed by atoms with Crippen LogP contribution in [0.2, 0.25) is 0 Å². The molecule has 1 heterocycles. The first kappa shape index (κ1) is 13.2. The number of benzene rings is 1. The van der Waals surface area contributed by atoms with E-state index in [1.807, 2.05) is 11.8 Å². The molecule has 7 heteroatoms. The van der Waals surface area contributed by atoms with Crippen molar-refractivity contribution in [3.63, 3.8) is 0 Å². The highest BCUT2D eigenvalue weighted by atomic mass is 32.2. The number of fused-ring (bicyclic) bond motifs is 1. The molecule has 3 rings (SSSR count). The summed E-state index contributed by atoms with van der Waals surface area (Å²) in [5.41, 5.74) is 1.10. The molecular weight excluding hydrogens is 278 g/mol. The Morgan fingerprint density at radius 3 is 3.05 bits per heavy atom. The summed E-state index contributed by atoms with van der Waals surface area (Å²) in [4.78, 5) is 14.6. The van der Waals surface area contributed by atoms with Crippen molar-refractivity contribution in [1.29, 1.82) is 0 Å². The number of nitro groups is 1. The Morgan fingerprint density at radius 2 is 2.35 bits per heavy atom. The Kier molecular flexibility index (Phi) is 3.52. The van der Waals surface area contributed by atoms with E-state index in [2.05, 4.69) is 16.6 Å². The summed E-state index contributed by atoms with van der Waals surface area (Å²) in [7, 11) is 0. The standard InChI is InChI=1S/C13H15N3O3S/c1-20-10-4-2-8(6-10)14-13-15-11-5-3-9(16(17)18)7-12(11)19-13/h3,5,7-8,10H,2,4,6H2,1H3,(H,14,15). The first-order valence-corrected chi connectivity index (χ1v) is 7.79. The van der Waals surface area contributed by atoms with Gasteiger partial charge in [0.05, 0.1) is 11.0 Å². The molecule has 1 aliphatic carbocycles. The van der Waals surface area contributed by atoms with Crippen LogP contribution in [0.5, 0.6) is 0 Å². The van der Waals surface area contributed by atoms with E-state index in [1.165, 1.54) is 18.6 Å². The van der Waals surface area contributed by atoms with Crippen molar-refractivity contribution in [2.45, 2.75) is 30.6 Å². The summed E-state index contributed by atoms with van der Waals surface area (Å²) in [6, 6.07) is 5.28. The predicted octanol–water partition coefficient (Wildman–Crippen LogP) is 3.43. The fourth-order valence-corrected chi connectivity index (χ4v) is 3.35. The second-order valence-corrected chi connectivity index (χ2v) is 6.08. The molecule has 1 aromatic heterocycles. The van der Waals surface area contributed by atoms with Crippen LogP contribution in [-0.2, 0) is 0 Å². The van der Waals surface area contributed by atoms with Crippen LogP contribution < -0.4 is 5.32 Å². The highest BCUT2D eigenvalue weighted by molar-refractivity contribution is 7.99. The Bertz CT molecular complexity index is 643. The zero-order chi connectivity index (χ0) is 14.1. The van der Waals surface area contributed by atoms with E-state index in [-0.39, 0.29) is 5.69 Å². The van der Waals surface area contributed by atoms with Gasteiger partial charge in [-0.1, -0.05) is 0 Å². The van der Waals surface area contributed by atoms with E-state index < -0.39 is 4.92 Å². The quantitative estimate of drug-likeness (QED) is 0.687. The molecule has 2 unspecified atom stereocenters. The number of rotatable bonds is 4. The normalized spacial score (nSPS) is 22.2. The molecule has 1 aromatic carbocycles. The lowest BCUT2D eigenvalue weighted by Crippen LogP contribution is -2.15. The van der Waals surface area contributed by atoms with Gasteiger partial charge in [-0.3, -0.25) is 10.1 Å². The van der Waals surface area contributed by atoms with Gasteiger partial charge in [0.2, 0.25) is 0 Å². The van der Waals surface area contributed by atoms with Gasteiger partial charge >= 0.3 is 0 Å². The van der Waals surface area contributed by atoms with E-state index in [0.717, 1.165) is 12.8 Å². The van der Waals surface area contributed by atoms with Crippen LogP contribution in [0.3, 0.4) is 0 Å². The van der Waals surface area contributed by atoms with Crippen molar-refractivity contribution in [1.82, 2.24) is 4.98 Å². The number of nitro benzene ring substituents is 1. The number of thioether (sulfide) groups is 1. The minimum Gasteiger partial charge on any atom is -0.423 e. The third-order valence-electron chi connectivity index (χ3n) is 3.63. The number of non-ortho nitro benzene ring substituents is 1. The SMILES string of the molecule is CSC1CCC(Nc2nc3ccc([N+](=O)[O-])cc3o2)C1. The number of aromatic nitrogens is 1. The van der Waals surface area contributed by atoms with E-state index in [0.29, 0.717) is 28.4 Å². The minimum absolute atomic E-state index is 0.0171. The lowest BCUT2D eigenvalue weighted by molar-refractivity contribution is -0.384. The van der Waals surface area contributed by atoms with Crippen LogP contribution in [0.4, 0.5) is 11.7 Å². The molecular formula is C13H15N3O3S. The van der Waals surface area contributed by atoms with E-state index in [9.17, 15) is 10.1 Å². The van der Waals surface area contributed by atoms with Gasteiger partial charge in [-0.15, -0.1) is 0 Å². The molecule has 106 valence electrons. The van der Waals surface area contributed by atoms with Gasteiger partial charge in [-0.05, 0) is 31.6 Å². The van der Waals surface area contributed by atoms with Gasteiger partial charge in [0, 0.05) is 17.4 Å². The van der Waals surface area contributed by atoms with Crippen LogP contribution >= 0.6 is 11.8 Å². The fraction of sp³-hybridized carbons (Fsp3) is 0.462. The van der Waals surface area contributed by atoms with Crippen molar-refractivity contribution in [2.75, 3.05) is 11.6 Å².